The van der Waals surface area contributed by atoms with Crippen LogP contribution in [-0.2, 0) is 4.74 Å². The molecule has 1 saturated heterocycles. The second kappa shape index (κ2) is 4.59. The number of aliphatic hydroxyl groups excluding tert-OH is 3. The molecule has 1 heterocycles. The van der Waals surface area contributed by atoms with Crippen molar-refractivity contribution in [2.45, 2.75) is 37.4 Å². The van der Waals surface area contributed by atoms with Crippen LogP contribution in [-0.4, -0.2) is 52.4 Å². The average molecular weight is 203 g/mol. The number of hydrogen-bond donors (Lipinski definition) is 3. The first-order chi connectivity index (χ1) is 6.61. The van der Waals surface area contributed by atoms with E-state index in [4.69, 9.17) is 15.4 Å². The molecule has 0 aromatic carbocycles. The molecule has 3 unspecified atom stereocenters. The van der Waals surface area contributed by atoms with Crippen molar-refractivity contribution in [2.75, 3.05) is 6.61 Å². The van der Waals surface area contributed by atoms with E-state index in [2.05, 4.69) is 10.0 Å². The van der Waals surface area contributed by atoms with Gasteiger partial charge >= 0.3 is 0 Å². The van der Waals surface area contributed by atoms with Crippen molar-refractivity contribution < 1.29 is 20.1 Å². The van der Waals surface area contributed by atoms with Crippen LogP contribution in [0.1, 0.15) is 6.92 Å². The number of aliphatic hydroxyl groups is 3. The quantitative estimate of drug-likeness (QED) is 0.308. The molecule has 5 atom stereocenters. The van der Waals surface area contributed by atoms with E-state index in [9.17, 15) is 10.2 Å². The Morgan fingerprint density at radius 1 is 1.43 bits per heavy atom. The Morgan fingerprint density at radius 2 is 2.07 bits per heavy atom. The Balaban J connectivity index is 2.78. The molecule has 7 heteroatoms. The van der Waals surface area contributed by atoms with Crippen molar-refractivity contribution in [2.24, 2.45) is 5.11 Å². The van der Waals surface area contributed by atoms with Crippen molar-refractivity contribution in [3.05, 3.63) is 10.4 Å². The van der Waals surface area contributed by atoms with Gasteiger partial charge in [0.05, 0.1) is 24.9 Å². The molecule has 0 bridgehead atoms. The summed E-state index contributed by atoms with van der Waals surface area (Å²) in [5.41, 5.74) is 8.22. The minimum absolute atomic E-state index is 0.383. The van der Waals surface area contributed by atoms with Crippen LogP contribution in [0, 0.1) is 0 Å². The van der Waals surface area contributed by atoms with Gasteiger partial charge in [0, 0.05) is 4.91 Å². The highest BCUT2D eigenvalue weighted by atomic mass is 16.5. The van der Waals surface area contributed by atoms with Crippen LogP contribution in [0.5, 0.6) is 0 Å². The second-order valence-electron chi connectivity index (χ2n) is 3.24. The van der Waals surface area contributed by atoms with Crippen molar-refractivity contribution in [1.82, 2.24) is 0 Å². The van der Waals surface area contributed by atoms with Gasteiger partial charge in [-0.2, -0.15) is 0 Å². The summed E-state index contributed by atoms with van der Waals surface area (Å²) in [4.78, 5) is 2.56. The number of azide groups is 1. The van der Waals surface area contributed by atoms with Gasteiger partial charge in [-0.15, -0.1) is 0 Å². The minimum Gasteiger partial charge on any atom is -0.394 e. The Kier molecular flexibility index (Phi) is 3.68. The molecule has 1 aliphatic rings. The fraction of sp³-hybridized carbons (Fsp3) is 1.00. The fourth-order valence-electron chi connectivity index (χ4n) is 1.51. The average Bonchev–Trinajstić information content (AvgIpc) is 2.18. The topological polar surface area (TPSA) is 119 Å². The SMILES string of the molecule is C[C@H]1OC(CO)[C@@H](O)C(O)C1N=[N+]=[N-]. The maximum absolute atomic E-state index is 9.53. The molecule has 0 aromatic heterocycles. The van der Waals surface area contributed by atoms with Gasteiger partial charge in [0.1, 0.15) is 12.2 Å². The van der Waals surface area contributed by atoms with E-state index < -0.39 is 30.5 Å². The van der Waals surface area contributed by atoms with Gasteiger partial charge in [-0.05, 0) is 12.5 Å². The zero-order valence-electron chi connectivity index (χ0n) is 7.69. The number of hydrogen-bond acceptors (Lipinski definition) is 5. The molecule has 3 N–H and O–H groups in total. The molecule has 0 aromatic rings. The third-order valence-corrected chi connectivity index (χ3v) is 2.32. The third kappa shape index (κ3) is 1.97. The molecule has 0 amide bonds. The summed E-state index contributed by atoms with van der Waals surface area (Å²) in [7, 11) is 0. The maximum atomic E-state index is 9.53. The van der Waals surface area contributed by atoms with Gasteiger partial charge < -0.3 is 20.1 Å². The first kappa shape index (κ1) is 11.2. The summed E-state index contributed by atoms with van der Waals surface area (Å²) in [6.07, 6.45) is -3.79. The van der Waals surface area contributed by atoms with Crippen LogP contribution in [0.3, 0.4) is 0 Å². The number of ether oxygens (including phenoxy) is 1. The maximum Gasteiger partial charge on any atom is 0.109 e. The second-order valence-corrected chi connectivity index (χ2v) is 3.24. The van der Waals surface area contributed by atoms with Gasteiger partial charge in [0.2, 0.25) is 0 Å². The molecule has 1 aliphatic heterocycles. The Morgan fingerprint density at radius 3 is 2.57 bits per heavy atom. The van der Waals surface area contributed by atoms with Gasteiger partial charge in [0.15, 0.2) is 0 Å². The minimum atomic E-state index is -1.23. The molecule has 7 nitrogen and oxygen atoms in total. The largest absolute Gasteiger partial charge is 0.394 e. The first-order valence-corrected chi connectivity index (χ1v) is 4.28. The van der Waals surface area contributed by atoms with Crippen LogP contribution < -0.4 is 0 Å². The zero-order valence-corrected chi connectivity index (χ0v) is 7.69. The molecule has 1 rings (SSSR count). The predicted octanol–water partition coefficient (Wildman–Crippen LogP) is -0.833. The van der Waals surface area contributed by atoms with Gasteiger partial charge in [-0.25, -0.2) is 0 Å². The molecule has 0 saturated carbocycles. The molecule has 0 radical (unpaired) electrons. The van der Waals surface area contributed by atoms with E-state index >= 15 is 0 Å². The third-order valence-electron chi connectivity index (χ3n) is 2.32. The van der Waals surface area contributed by atoms with E-state index in [-0.39, 0.29) is 6.61 Å². The lowest BCUT2D eigenvalue weighted by Crippen LogP contribution is -2.56. The molecule has 0 aliphatic carbocycles. The van der Waals surface area contributed by atoms with Crippen LogP contribution in [0.2, 0.25) is 0 Å². The Hall–Kier alpha value is -0.850. The monoisotopic (exact) mass is 203 g/mol. The summed E-state index contributed by atoms with van der Waals surface area (Å²) >= 11 is 0. The highest BCUT2D eigenvalue weighted by Crippen LogP contribution is 2.23. The Bertz CT molecular complexity index is 243. The van der Waals surface area contributed by atoms with Crippen molar-refractivity contribution in [3.63, 3.8) is 0 Å². The van der Waals surface area contributed by atoms with E-state index in [1.807, 2.05) is 0 Å². The van der Waals surface area contributed by atoms with Gasteiger partial charge in [0.25, 0.3) is 0 Å². The zero-order chi connectivity index (χ0) is 10.7. The molecular formula is C7H13N3O4. The summed E-state index contributed by atoms with van der Waals surface area (Å²) in [6, 6.07) is -0.821. The smallest absolute Gasteiger partial charge is 0.109 e. The summed E-state index contributed by atoms with van der Waals surface area (Å²) in [5.74, 6) is 0. The van der Waals surface area contributed by atoms with Gasteiger partial charge in [-0.1, -0.05) is 5.11 Å². The van der Waals surface area contributed by atoms with E-state index in [1.165, 1.54) is 0 Å². The Labute approximate surface area is 80.6 Å². The van der Waals surface area contributed by atoms with E-state index in [0.29, 0.717) is 0 Å². The normalized spacial score (nSPS) is 43.0. The first-order valence-electron chi connectivity index (χ1n) is 4.28. The van der Waals surface area contributed by atoms with E-state index in [0.717, 1.165) is 0 Å². The highest BCUT2D eigenvalue weighted by molar-refractivity contribution is 4.94. The lowest BCUT2D eigenvalue weighted by Gasteiger charge is -2.39. The molecule has 80 valence electrons. The molecule has 1 fully saturated rings. The standard InChI is InChI=1S/C7H13N3O4/c1-3-5(9-10-8)7(13)6(12)4(2-11)14-3/h3-7,11-13H,2H2,1H3/t3-,4?,5?,6-,7?/m1/s1. The summed E-state index contributed by atoms with van der Waals surface area (Å²) < 4.78 is 5.16. The van der Waals surface area contributed by atoms with Crippen molar-refractivity contribution in [1.29, 1.82) is 0 Å². The lowest BCUT2D eigenvalue weighted by molar-refractivity contribution is -0.183. The predicted molar refractivity (Wildman–Crippen MR) is 46.4 cm³/mol. The van der Waals surface area contributed by atoms with E-state index in [1.54, 1.807) is 6.92 Å². The fourth-order valence-corrected chi connectivity index (χ4v) is 1.51. The highest BCUT2D eigenvalue weighted by Gasteiger charge is 2.41. The van der Waals surface area contributed by atoms with Crippen LogP contribution in [0.15, 0.2) is 5.11 Å². The van der Waals surface area contributed by atoms with Crippen LogP contribution in [0.25, 0.3) is 10.4 Å². The number of nitrogens with zero attached hydrogens (tertiary/aromatic N) is 3. The summed E-state index contributed by atoms with van der Waals surface area (Å²) in [5, 5.41) is 31.1. The van der Waals surface area contributed by atoms with Crippen molar-refractivity contribution in [3.8, 4) is 0 Å². The van der Waals surface area contributed by atoms with Crippen molar-refractivity contribution >= 4 is 0 Å². The summed E-state index contributed by atoms with van der Waals surface area (Å²) in [6.45, 7) is 1.22. The van der Waals surface area contributed by atoms with Gasteiger partial charge in [-0.3, -0.25) is 0 Å². The lowest BCUT2D eigenvalue weighted by atomic mass is 9.94. The van der Waals surface area contributed by atoms with Crippen LogP contribution in [0.4, 0.5) is 0 Å². The molecule has 14 heavy (non-hydrogen) atoms. The van der Waals surface area contributed by atoms with Crippen LogP contribution >= 0.6 is 0 Å². The number of rotatable bonds is 2. The molecule has 0 spiro atoms. The molecular weight excluding hydrogens is 190 g/mol.